The molecule has 0 radical (unpaired) electrons. The van der Waals surface area contributed by atoms with E-state index in [1.807, 2.05) is 0 Å². The van der Waals surface area contributed by atoms with Crippen LogP contribution in [-0.4, -0.2) is 49.8 Å². The molecule has 8 heteroatoms. The summed E-state index contributed by atoms with van der Waals surface area (Å²) in [5, 5.41) is 0. The molecule has 8 nitrogen and oxygen atoms in total. The summed E-state index contributed by atoms with van der Waals surface area (Å²) in [4.78, 5) is 47.0. The maximum Gasteiger partial charge on any atom is 0.330 e. The second-order valence-corrected chi connectivity index (χ2v) is 6.47. The Morgan fingerprint density at radius 2 is 2.08 bits per heavy atom. The number of hydrogen-bond donors (Lipinski definition) is 0. The summed E-state index contributed by atoms with van der Waals surface area (Å²) < 4.78 is 20.4. The van der Waals surface area contributed by atoms with Crippen molar-refractivity contribution in [1.29, 1.82) is 0 Å². The van der Waals surface area contributed by atoms with Crippen LogP contribution >= 0.6 is 0 Å². The number of fused-ring (bicyclic) bond motifs is 1. The van der Waals surface area contributed by atoms with Gasteiger partial charge in [0.2, 0.25) is 0 Å². The van der Waals surface area contributed by atoms with Crippen LogP contribution in [0.1, 0.15) is 19.3 Å². The summed E-state index contributed by atoms with van der Waals surface area (Å²) in [5.41, 5.74) is 0. The van der Waals surface area contributed by atoms with Crippen LogP contribution < -0.4 is 0 Å². The van der Waals surface area contributed by atoms with Gasteiger partial charge in [-0.1, -0.05) is 6.58 Å². The molecule has 0 spiro atoms. The largest absolute Gasteiger partial charge is 0.469 e. The Morgan fingerprint density at radius 1 is 1.32 bits per heavy atom. The Bertz CT molecular complexity index is 612. The van der Waals surface area contributed by atoms with Crippen molar-refractivity contribution >= 4 is 23.9 Å². The third-order valence-corrected chi connectivity index (χ3v) is 5.22. The zero-order chi connectivity index (χ0) is 18.1. The van der Waals surface area contributed by atoms with E-state index in [0.29, 0.717) is 12.8 Å². The molecule has 2 aliphatic carbocycles. The Labute approximate surface area is 144 Å². The smallest absolute Gasteiger partial charge is 0.330 e. The molecule has 136 valence electrons. The van der Waals surface area contributed by atoms with Gasteiger partial charge < -0.3 is 18.9 Å². The van der Waals surface area contributed by atoms with Crippen molar-refractivity contribution in [1.82, 2.24) is 0 Å². The first kappa shape index (κ1) is 17.4. The highest BCUT2D eigenvalue weighted by atomic mass is 16.6. The van der Waals surface area contributed by atoms with Gasteiger partial charge in [0.05, 0.1) is 25.6 Å². The van der Waals surface area contributed by atoms with E-state index < -0.39 is 47.9 Å². The number of carbonyl (C=O) groups excluding carboxylic acids is 4. The lowest BCUT2D eigenvalue weighted by molar-refractivity contribution is -0.165. The third kappa shape index (κ3) is 3.01. The second-order valence-electron chi connectivity index (χ2n) is 6.47. The van der Waals surface area contributed by atoms with Crippen LogP contribution in [0.3, 0.4) is 0 Å². The third-order valence-electron chi connectivity index (χ3n) is 5.22. The van der Waals surface area contributed by atoms with E-state index in [4.69, 9.17) is 18.9 Å². The molecule has 0 aromatic heterocycles. The highest BCUT2D eigenvalue weighted by molar-refractivity contribution is 5.86. The molecule has 25 heavy (non-hydrogen) atoms. The van der Waals surface area contributed by atoms with E-state index in [-0.39, 0.29) is 24.9 Å². The molecule has 6 atom stereocenters. The maximum absolute atomic E-state index is 12.1. The van der Waals surface area contributed by atoms with Crippen molar-refractivity contribution in [2.24, 2.45) is 23.7 Å². The molecular weight excluding hydrogens is 332 g/mol. The number of methoxy groups -OCH3 is 1. The summed E-state index contributed by atoms with van der Waals surface area (Å²) >= 11 is 0. The second kappa shape index (κ2) is 6.85. The maximum atomic E-state index is 12.1. The standard InChI is InChI=1S/C17H20O8/c1-3-10(18)23-6-4-5-11(19)24-14-8-7-9-13(12(8)16(20)22-2)17(21)25-15(9)14/h3,8-9,12-15H,1,4-7H2,2H3. The molecule has 2 saturated carbocycles. The highest BCUT2D eigenvalue weighted by Crippen LogP contribution is 2.58. The van der Waals surface area contributed by atoms with Gasteiger partial charge in [-0.15, -0.1) is 0 Å². The molecule has 6 unspecified atom stereocenters. The first-order chi connectivity index (χ1) is 12.0. The molecule has 1 saturated heterocycles. The van der Waals surface area contributed by atoms with Crippen LogP contribution in [0.4, 0.5) is 0 Å². The minimum Gasteiger partial charge on any atom is -0.469 e. The van der Waals surface area contributed by atoms with E-state index in [1.54, 1.807) is 0 Å². The van der Waals surface area contributed by atoms with Crippen molar-refractivity contribution in [3.05, 3.63) is 12.7 Å². The molecule has 3 rings (SSSR count). The molecule has 0 aromatic rings. The molecule has 1 aliphatic heterocycles. The Balaban J connectivity index is 1.57. The van der Waals surface area contributed by atoms with Crippen LogP contribution in [0, 0.1) is 23.7 Å². The number of esters is 4. The molecular formula is C17H20O8. The van der Waals surface area contributed by atoms with E-state index >= 15 is 0 Å². The van der Waals surface area contributed by atoms with Gasteiger partial charge in [0, 0.05) is 24.3 Å². The summed E-state index contributed by atoms with van der Waals surface area (Å²) in [5.74, 6) is -3.38. The average molecular weight is 352 g/mol. The first-order valence-corrected chi connectivity index (χ1v) is 8.25. The number of hydrogen-bond acceptors (Lipinski definition) is 8. The Kier molecular flexibility index (Phi) is 4.78. The molecule has 0 amide bonds. The number of carbonyl (C=O) groups is 4. The van der Waals surface area contributed by atoms with Crippen molar-refractivity contribution in [2.45, 2.75) is 31.5 Å². The number of ether oxygens (including phenoxy) is 4. The zero-order valence-electron chi connectivity index (χ0n) is 13.8. The van der Waals surface area contributed by atoms with Crippen LogP contribution in [-0.2, 0) is 38.1 Å². The fourth-order valence-electron chi connectivity index (χ4n) is 4.26. The van der Waals surface area contributed by atoms with Gasteiger partial charge in [0.25, 0.3) is 0 Å². The Morgan fingerprint density at radius 3 is 2.76 bits per heavy atom. The molecule has 3 aliphatic rings. The lowest BCUT2D eigenvalue weighted by Crippen LogP contribution is -2.43. The van der Waals surface area contributed by atoms with Crippen molar-refractivity contribution in [3.8, 4) is 0 Å². The summed E-state index contributed by atoms with van der Waals surface area (Å²) in [6.07, 6.45) is 0.921. The van der Waals surface area contributed by atoms with Gasteiger partial charge in [-0.05, 0) is 12.8 Å². The van der Waals surface area contributed by atoms with E-state index in [2.05, 4.69) is 6.58 Å². The van der Waals surface area contributed by atoms with Crippen molar-refractivity contribution in [3.63, 3.8) is 0 Å². The number of rotatable bonds is 7. The van der Waals surface area contributed by atoms with E-state index in [1.165, 1.54) is 7.11 Å². The quantitative estimate of drug-likeness (QED) is 0.280. The predicted molar refractivity (Wildman–Crippen MR) is 80.7 cm³/mol. The molecule has 2 bridgehead atoms. The minimum absolute atomic E-state index is 0.0608. The van der Waals surface area contributed by atoms with Crippen LogP contribution in [0.2, 0.25) is 0 Å². The highest BCUT2D eigenvalue weighted by Gasteiger charge is 2.70. The summed E-state index contributed by atoms with van der Waals surface area (Å²) in [7, 11) is 1.28. The van der Waals surface area contributed by atoms with E-state index in [9.17, 15) is 19.2 Å². The lowest BCUT2D eigenvalue weighted by atomic mass is 9.78. The molecule has 1 heterocycles. The Hall–Kier alpha value is -2.38. The summed E-state index contributed by atoms with van der Waals surface area (Å²) in [6, 6.07) is 0. The van der Waals surface area contributed by atoms with Gasteiger partial charge in [-0.2, -0.15) is 0 Å². The molecule has 0 aromatic carbocycles. The normalized spacial score (nSPS) is 34.4. The lowest BCUT2D eigenvalue weighted by Gasteiger charge is -2.29. The van der Waals surface area contributed by atoms with Gasteiger partial charge in [0.15, 0.2) is 0 Å². The van der Waals surface area contributed by atoms with Gasteiger partial charge in [-0.25, -0.2) is 4.79 Å². The predicted octanol–water partition coefficient (Wildman–Crippen LogP) is 0.388. The SMILES string of the molecule is C=CC(=O)OCCCC(=O)OC1C2CC3C1OC(=O)C3C2C(=O)OC. The van der Waals surface area contributed by atoms with Crippen LogP contribution in [0.5, 0.6) is 0 Å². The average Bonchev–Trinajstić information content (AvgIpc) is 3.21. The van der Waals surface area contributed by atoms with Gasteiger partial charge in [0.1, 0.15) is 12.2 Å². The molecule has 0 N–H and O–H groups in total. The van der Waals surface area contributed by atoms with Crippen molar-refractivity contribution < 1.29 is 38.1 Å². The van der Waals surface area contributed by atoms with Gasteiger partial charge >= 0.3 is 23.9 Å². The van der Waals surface area contributed by atoms with Crippen LogP contribution in [0.25, 0.3) is 0 Å². The zero-order valence-corrected chi connectivity index (χ0v) is 13.8. The van der Waals surface area contributed by atoms with Crippen LogP contribution in [0.15, 0.2) is 12.7 Å². The van der Waals surface area contributed by atoms with Gasteiger partial charge in [-0.3, -0.25) is 14.4 Å². The first-order valence-electron chi connectivity index (χ1n) is 8.25. The minimum atomic E-state index is -0.625. The molecule has 3 fully saturated rings. The summed E-state index contributed by atoms with van der Waals surface area (Å²) in [6.45, 7) is 3.36. The van der Waals surface area contributed by atoms with E-state index in [0.717, 1.165) is 6.08 Å². The topological polar surface area (TPSA) is 105 Å². The fourth-order valence-corrected chi connectivity index (χ4v) is 4.26. The fraction of sp³-hybridized carbons (Fsp3) is 0.647. The monoisotopic (exact) mass is 352 g/mol. The van der Waals surface area contributed by atoms with Crippen molar-refractivity contribution in [2.75, 3.05) is 13.7 Å².